The lowest BCUT2D eigenvalue weighted by atomic mass is 10.8. The van der Waals surface area contributed by atoms with Crippen LogP contribution in [0.3, 0.4) is 0 Å². The highest BCUT2D eigenvalue weighted by molar-refractivity contribution is 8.07. The molecule has 1 aliphatic rings. The second-order valence-electron chi connectivity index (χ2n) is 1.51. The van der Waals surface area contributed by atoms with Crippen LogP contribution >= 0.6 is 11.9 Å². The minimum absolute atomic E-state index is 0.654. The molecule has 1 saturated heterocycles. The molecule has 7 heteroatoms. The largest absolute Gasteiger partial charge is 0.299 e. The van der Waals surface area contributed by atoms with Crippen molar-refractivity contribution in [1.29, 1.82) is 0 Å². The van der Waals surface area contributed by atoms with Crippen LogP contribution in [0.25, 0.3) is 0 Å². The van der Waals surface area contributed by atoms with E-state index in [0.29, 0.717) is 6.54 Å². The molecule has 0 aromatic carbocycles. The fourth-order valence-electron chi connectivity index (χ4n) is 0.475. The van der Waals surface area contributed by atoms with Gasteiger partial charge in [-0.2, -0.15) is 8.42 Å². The summed E-state index contributed by atoms with van der Waals surface area (Å²) < 4.78 is 21.9. The summed E-state index contributed by atoms with van der Waals surface area (Å²) in [6, 6.07) is 0. The molecule has 0 unspecified atom stereocenters. The van der Waals surface area contributed by atoms with Gasteiger partial charge in [-0.15, -0.1) is 0 Å². The lowest BCUT2D eigenvalue weighted by Crippen LogP contribution is -2.37. The molecule has 1 rings (SSSR count). The maximum Gasteiger partial charge on any atom is 0.299 e. The van der Waals surface area contributed by atoms with Crippen LogP contribution in [0.1, 0.15) is 0 Å². The Morgan fingerprint density at radius 3 is 2.56 bits per heavy atom. The van der Waals surface area contributed by atoms with Crippen molar-refractivity contribution in [2.45, 2.75) is 0 Å². The fourth-order valence-corrected chi connectivity index (χ4v) is 2.09. The molecule has 0 spiro atoms. The molecule has 1 fully saturated rings. The van der Waals surface area contributed by atoms with Crippen molar-refractivity contribution < 1.29 is 8.42 Å². The number of rotatable bonds is 1. The van der Waals surface area contributed by atoms with E-state index in [9.17, 15) is 8.42 Å². The molecule has 9 heavy (non-hydrogen) atoms. The molecule has 0 aromatic heterocycles. The van der Waals surface area contributed by atoms with E-state index in [0.717, 1.165) is 21.5 Å². The van der Waals surface area contributed by atoms with Crippen LogP contribution in [-0.2, 0) is 10.2 Å². The van der Waals surface area contributed by atoms with E-state index >= 15 is 0 Å². The lowest BCUT2D eigenvalue weighted by Gasteiger charge is -2.07. The van der Waals surface area contributed by atoms with E-state index in [-0.39, 0.29) is 0 Å². The van der Waals surface area contributed by atoms with Crippen LogP contribution in [0.4, 0.5) is 0 Å². The minimum Gasteiger partial charge on any atom is -0.229 e. The van der Waals surface area contributed by atoms with Gasteiger partial charge in [0.25, 0.3) is 10.2 Å². The summed E-state index contributed by atoms with van der Waals surface area (Å²) in [4.78, 5) is 0. The highest BCUT2D eigenvalue weighted by atomic mass is 32.3. The minimum atomic E-state index is -3.52. The number of nitrogens with two attached hydrogens (primary N) is 1. The third kappa shape index (κ3) is 1.80. The Morgan fingerprint density at radius 1 is 1.67 bits per heavy atom. The summed E-state index contributed by atoms with van der Waals surface area (Å²) >= 11 is 1.16. The first-order valence-electron chi connectivity index (χ1n) is 2.30. The molecule has 1 heterocycles. The van der Waals surface area contributed by atoms with Crippen LogP contribution in [0, 0.1) is 0 Å². The van der Waals surface area contributed by atoms with Crippen LogP contribution in [0.15, 0.2) is 0 Å². The molecule has 0 aliphatic carbocycles. The summed E-state index contributed by atoms with van der Waals surface area (Å²) in [5.74, 6) is 0.746. The van der Waals surface area contributed by atoms with Crippen molar-refractivity contribution in [3.63, 3.8) is 0 Å². The molecular formula is C2H7N3O2S2. The second kappa shape index (κ2) is 2.43. The highest BCUT2D eigenvalue weighted by Gasteiger charge is 2.21. The Hall–Kier alpha value is 0.180. The van der Waals surface area contributed by atoms with Crippen molar-refractivity contribution in [2.24, 2.45) is 5.14 Å². The quantitative estimate of drug-likeness (QED) is 0.476. The molecule has 5 nitrogen and oxygen atoms in total. The van der Waals surface area contributed by atoms with Crippen molar-refractivity contribution in [3.05, 3.63) is 0 Å². The average molecular weight is 169 g/mol. The molecule has 0 radical (unpaired) electrons. The average Bonchev–Trinajstić information content (AvgIpc) is 2.08. The lowest BCUT2D eigenvalue weighted by molar-refractivity contribution is 0.496. The normalized spacial score (nSPS) is 22.8. The molecule has 1 aliphatic heterocycles. The summed E-state index contributed by atoms with van der Waals surface area (Å²) in [6.07, 6.45) is 0. The first-order valence-corrected chi connectivity index (χ1v) is 4.75. The molecule has 0 saturated carbocycles. The molecule has 0 bridgehead atoms. The van der Waals surface area contributed by atoms with Gasteiger partial charge >= 0.3 is 0 Å². The van der Waals surface area contributed by atoms with Gasteiger partial charge in [0.1, 0.15) is 0 Å². The zero-order valence-electron chi connectivity index (χ0n) is 4.57. The van der Waals surface area contributed by atoms with Gasteiger partial charge in [-0.25, -0.2) is 10.6 Å². The van der Waals surface area contributed by atoms with Crippen molar-refractivity contribution >= 4 is 22.2 Å². The van der Waals surface area contributed by atoms with Crippen LogP contribution in [0.5, 0.6) is 0 Å². The maximum absolute atomic E-state index is 10.5. The van der Waals surface area contributed by atoms with Gasteiger partial charge in [-0.1, -0.05) is 3.82 Å². The first kappa shape index (κ1) is 7.29. The number of hydrazine groups is 1. The summed E-state index contributed by atoms with van der Waals surface area (Å²) in [6.45, 7) is 0.654. The van der Waals surface area contributed by atoms with E-state index in [2.05, 4.69) is 5.43 Å². The Bertz CT molecular complexity index is 182. The van der Waals surface area contributed by atoms with Crippen LogP contribution in [-0.4, -0.2) is 24.5 Å². The van der Waals surface area contributed by atoms with Gasteiger partial charge in [0.05, 0.1) is 0 Å². The molecule has 0 atom stereocenters. The summed E-state index contributed by atoms with van der Waals surface area (Å²) in [7, 11) is -3.52. The smallest absolute Gasteiger partial charge is 0.229 e. The van der Waals surface area contributed by atoms with Gasteiger partial charge < -0.3 is 0 Å². The van der Waals surface area contributed by atoms with E-state index in [1.807, 2.05) is 0 Å². The van der Waals surface area contributed by atoms with Crippen molar-refractivity contribution in [2.75, 3.05) is 12.3 Å². The zero-order valence-corrected chi connectivity index (χ0v) is 6.20. The highest BCUT2D eigenvalue weighted by Crippen LogP contribution is 2.13. The number of hydrogen-bond acceptors (Lipinski definition) is 4. The van der Waals surface area contributed by atoms with Crippen LogP contribution < -0.4 is 10.6 Å². The summed E-state index contributed by atoms with van der Waals surface area (Å²) in [5, 5.41) is 4.76. The summed E-state index contributed by atoms with van der Waals surface area (Å²) in [5.41, 5.74) is 2.58. The molecular weight excluding hydrogens is 162 g/mol. The van der Waals surface area contributed by atoms with E-state index in [4.69, 9.17) is 5.14 Å². The van der Waals surface area contributed by atoms with Gasteiger partial charge in [0.15, 0.2) is 0 Å². The molecule has 3 N–H and O–H groups in total. The third-order valence-electron chi connectivity index (χ3n) is 0.783. The Balaban J connectivity index is 2.63. The third-order valence-corrected chi connectivity index (χ3v) is 3.06. The molecule has 0 aromatic rings. The Kier molecular flexibility index (Phi) is 1.97. The van der Waals surface area contributed by atoms with E-state index in [1.54, 1.807) is 0 Å². The van der Waals surface area contributed by atoms with Gasteiger partial charge in [0, 0.05) is 12.3 Å². The standard InChI is InChI=1S/C2H7N3O2S2/c3-9(6,7)5-4-1-2-8-5/h4H,1-2H2,(H2,3,6,7). The zero-order chi connectivity index (χ0) is 6.91. The first-order chi connectivity index (χ1) is 4.11. The fraction of sp³-hybridized carbons (Fsp3) is 1.00. The number of nitrogens with one attached hydrogen (secondary N) is 1. The molecule has 54 valence electrons. The monoisotopic (exact) mass is 169 g/mol. The predicted octanol–water partition coefficient (Wildman–Crippen LogP) is -1.34. The number of nitrogens with zero attached hydrogens (tertiary/aromatic N) is 1. The Labute approximate surface area is 57.9 Å². The SMILES string of the molecule is NS(=O)(=O)N1NCCS1. The number of hydrogen-bond donors (Lipinski definition) is 2. The van der Waals surface area contributed by atoms with Gasteiger partial charge in [-0.05, 0) is 11.9 Å². The van der Waals surface area contributed by atoms with E-state index in [1.165, 1.54) is 0 Å². The van der Waals surface area contributed by atoms with Gasteiger partial charge in [-0.3, -0.25) is 0 Å². The Morgan fingerprint density at radius 2 is 2.33 bits per heavy atom. The van der Waals surface area contributed by atoms with Crippen LogP contribution in [0.2, 0.25) is 0 Å². The van der Waals surface area contributed by atoms with Crippen molar-refractivity contribution in [3.8, 4) is 0 Å². The van der Waals surface area contributed by atoms with E-state index < -0.39 is 10.2 Å². The van der Waals surface area contributed by atoms with Crippen molar-refractivity contribution in [1.82, 2.24) is 9.25 Å². The molecule has 0 amide bonds. The topological polar surface area (TPSA) is 75.4 Å². The second-order valence-corrected chi connectivity index (χ2v) is 4.17. The predicted molar refractivity (Wildman–Crippen MR) is 35.4 cm³/mol. The van der Waals surface area contributed by atoms with Gasteiger partial charge in [0.2, 0.25) is 0 Å². The maximum atomic E-state index is 10.5.